The first-order chi connectivity index (χ1) is 10.6. The van der Waals surface area contributed by atoms with Crippen LogP contribution >= 0.6 is 23.2 Å². The van der Waals surface area contributed by atoms with Crippen LogP contribution in [0.1, 0.15) is 17.3 Å². The molecule has 1 aliphatic rings. The Bertz CT molecular complexity index is 873. The molecule has 0 radical (unpaired) electrons. The van der Waals surface area contributed by atoms with Crippen molar-refractivity contribution in [2.45, 2.75) is 6.04 Å². The molecule has 0 bridgehead atoms. The molecule has 2 N–H and O–H groups in total. The van der Waals surface area contributed by atoms with Crippen LogP contribution in [0, 0.1) is 0 Å². The first-order valence-electron chi connectivity index (χ1n) is 6.86. The lowest BCUT2D eigenvalue weighted by atomic mass is 9.99. The van der Waals surface area contributed by atoms with Crippen LogP contribution in [0.2, 0.25) is 10.0 Å². The molecule has 0 aliphatic carbocycles. The first kappa shape index (κ1) is 13.6. The van der Waals surface area contributed by atoms with Crippen molar-refractivity contribution in [2.75, 3.05) is 5.32 Å². The lowest BCUT2D eigenvalue weighted by Crippen LogP contribution is -2.22. The number of aromatic nitrogens is 1. The van der Waals surface area contributed by atoms with E-state index in [4.69, 9.17) is 23.2 Å². The molecule has 2 aromatic carbocycles. The van der Waals surface area contributed by atoms with Crippen LogP contribution in [0.15, 0.2) is 54.7 Å². The van der Waals surface area contributed by atoms with Gasteiger partial charge in [0.25, 0.3) is 0 Å². The number of hydrogen-bond acceptors (Lipinski definition) is 2. The number of hydrogen-bond donors (Lipinski definition) is 2. The van der Waals surface area contributed by atoms with Gasteiger partial charge >= 0.3 is 0 Å². The summed E-state index contributed by atoms with van der Waals surface area (Å²) >= 11 is 12.2. The molecule has 1 atom stereocenters. The van der Waals surface area contributed by atoms with Gasteiger partial charge < -0.3 is 15.0 Å². The number of halogens is 2. The molecule has 3 aromatic rings. The van der Waals surface area contributed by atoms with Crippen molar-refractivity contribution in [1.82, 2.24) is 4.57 Å². The molecule has 1 aliphatic heterocycles. The van der Waals surface area contributed by atoms with Crippen molar-refractivity contribution in [3.63, 3.8) is 0 Å². The number of benzene rings is 2. The van der Waals surface area contributed by atoms with Crippen molar-refractivity contribution < 1.29 is 5.11 Å². The number of nitrogens with zero attached hydrogens (tertiary/aromatic N) is 1. The topological polar surface area (TPSA) is 37.2 Å². The summed E-state index contributed by atoms with van der Waals surface area (Å²) in [6.45, 7) is 0. The average Bonchev–Trinajstić information content (AvgIpc) is 3.00. The Kier molecular flexibility index (Phi) is 3.06. The Hall–Kier alpha value is -2.10. The summed E-state index contributed by atoms with van der Waals surface area (Å²) in [4.78, 5) is 0. The van der Waals surface area contributed by atoms with Crippen LogP contribution in [0.3, 0.4) is 0 Å². The maximum absolute atomic E-state index is 10.3. The van der Waals surface area contributed by atoms with Gasteiger partial charge in [0.05, 0.1) is 22.4 Å². The normalized spacial score (nSPS) is 15.8. The molecule has 0 unspecified atom stereocenters. The van der Waals surface area contributed by atoms with Gasteiger partial charge in [-0.15, -0.1) is 0 Å². The van der Waals surface area contributed by atoms with Crippen molar-refractivity contribution in [2.24, 2.45) is 0 Å². The van der Waals surface area contributed by atoms with Crippen LogP contribution in [-0.4, -0.2) is 9.67 Å². The van der Waals surface area contributed by atoms with Gasteiger partial charge in [0.2, 0.25) is 0 Å². The molecule has 0 spiro atoms. The minimum Gasteiger partial charge on any atom is -0.506 e. The third kappa shape index (κ3) is 1.97. The molecule has 110 valence electrons. The smallest absolute Gasteiger partial charge is 0.139 e. The van der Waals surface area contributed by atoms with E-state index in [1.807, 2.05) is 42.6 Å². The third-order valence-corrected chi connectivity index (χ3v) is 4.41. The van der Waals surface area contributed by atoms with Crippen LogP contribution in [0.4, 0.5) is 5.69 Å². The largest absolute Gasteiger partial charge is 0.506 e. The van der Waals surface area contributed by atoms with Crippen molar-refractivity contribution in [3.05, 3.63) is 76.0 Å². The molecule has 0 amide bonds. The zero-order valence-corrected chi connectivity index (χ0v) is 12.9. The molecule has 5 heteroatoms. The third-order valence-electron chi connectivity index (χ3n) is 3.91. The van der Waals surface area contributed by atoms with Crippen LogP contribution in [0.5, 0.6) is 5.75 Å². The maximum atomic E-state index is 10.3. The van der Waals surface area contributed by atoms with E-state index in [9.17, 15) is 5.11 Å². The fourth-order valence-electron chi connectivity index (χ4n) is 2.93. The zero-order valence-electron chi connectivity index (χ0n) is 11.4. The zero-order chi connectivity index (χ0) is 15.3. The van der Waals surface area contributed by atoms with Gasteiger partial charge in [-0.3, -0.25) is 0 Å². The first-order valence-corrected chi connectivity index (χ1v) is 7.62. The Morgan fingerprint density at radius 3 is 2.73 bits per heavy atom. The molecular weight excluding hydrogens is 319 g/mol. The molecular formula is C17H12Cl2N2O. The summed E-state index contributed by atoms with van der Waals surface area (Å²) in [5, 5.41) is 14.5. The van der Waals surface area contributed by atoms with Gasteiger partial charge in [-0.1, -0.05) is 35.3 Å². The fourth-order valence-corrected chi connectivity index (χ4v) is 3.44. The number of rotatable bonds is 1. The van der Waals surface area contributed by atoms with E-state index < -0.39 is 0 Å². The van der Waals surface area contributed by atoms with E-state index in [1.54, 1.807) is 6.07 Å². The molecule has 3 nitrogen and oxygen atoms in total. The standard InChI is InChI=1S/C17H12Cl2N2O/c18-10-8-11(17(22)12(19)9-10)16-15-6-3-7-21(15)14-5-2-1-4-13(14)20-16/h1-9,16,20,22H/t16-/m0/s1. The van der Waals surface area contributed by atoms with Crippen LogP contribution in [-0.2, 0) is 0 Å². The number of fused-ring (bicyclic) bond motifs is 3. The van der Waals surface area contributed by atoms with E-state index in [0.717, 1.165) is 17.1 Å². The fraction of sp³-hybridized carbons (Fsp3) is 0.0588. The predicted molar refractivity (Wildman–Crippen MR) is 89.4 cm³/mol. The number of nitrogens with one attached hydrogen (secondary N) is 1. The van der Waals surface area contributed by atoms with Gasteiger partial charge in [-0.05, 0) is 36.4 Å². The Morgan fingerprint density at radius 1 is 1.05 bits per heavy atom. The second-order valence-electron chi connectivity index (χ2n) is 5.22. The van der Waals surface area contributed by atoms with Crippen LogP contribution in [0.25, 0.3) is 5.69 Å². The Morgan fingerprint density at radius 2 is 1.86 bits per heavy atom. The predicted octanol–water partition coefficient (Wildman–Crippen LogP) is 5.00. The minimum atomic E-state index is -0.221. The lowest BCUT2D eigenvalue weighted by molar-refractivity contribution is 0.466. The van der Waals surface area contributed by atoms with E-state index in [0.29, 0.717) is 10.6 Å². The lowest BCUT2D eigenvalue weighted by Gasteiger charge is -2.30. The van der Waals surface area contributed by atoms with Crippen LogP contribution < -0.4 is 5.32 Å². The van der Waals surface area contributed by atoms with Crippen molar-refractivity contribution >= 4 is 28.9 Å². The van der Waals surface area contributed by atoms with Crippen molar-refractivity contribution in [3.8, 4) is 11.4 Å². The number of aromatic hydroxyl groups is 1. The highest BCUT2D eigenvalue weighted by Gasteiger charge is 2.27. The summed E-state index contributed by atoms with van der Waals surface area (Å²) in [7, 11) is 0. The van der Waals surface area contributed by atoms with Crippen molar-refractivity contribution in [1.29, 1.82) is 0 Å². The molecule has 0 fully saturated rings. The molecule has 2 heterocycles. The van der Waals surface area contributed by atoms with Gasteiger partial charge in [0.1, 0.15) is 5.75 Å². The summed E-state index contributed by atoms with van der Waals surface area (Å²) < 4.78 is 2.10. The highest BCUT2D eigenvalue weighted by molar-refractivity contribution is 6.35. The molecule has 22 heavy (non-hydrogen) atoms. The Labute approximate surface area is 137 Å². The summed E-state index contributed by atoms with van der Waals surface area (Å²) in [6.07, 6.45) is 2.01. The average molecular weight is 331 g/mol. The van der Waals surface area contributed by atoms with E-state index in [-0.39, 0.29) is 16.8 Å². The molecule has 0 saturated carbocycles. The highest BCUT2D eigenvalue weighted by atomic mass is 35.5. The summed E-state index contributed by atoms with van der Waals surface area (Å²) in [5.41, 5.74) is 3.75. The summed E-state index contributed by atoms with van der Waals surface area (Å²) in [5.74, 6) is 0.0516. The van der Waals surface area contributed by atoms with Gasteiger partial charge in [0.15, 0.2) is 0 Å². The SMILES string of the molecule is Oc1c(Cl)cc(Cl)cc1[C@@H]1Nc2ccccc2-n2cccc21. The highest BCUT2D eigenvalue weighted by Crippen LogP contribution is 2.42. The van der Waals surface area contributed by atoms with E-state index in [2.05, 4.69) is 9.88 Å². The monoisotopic (exact) mass is 330 g/mol. The molecule has 0 saturated heterocycles. The molecule has 1 aromatic heterocycles. The van der Waals surface area contributed by atoms with Gasteiger partial charge in [-0.2, -0.15) is 0 Å². The van der Waals surface area contributed by atoms with Gasteiger partial charge in [0, 0.05) is 22.5 Å². The maximum Gasteiger partial charge on any atom is 0.139 e. The second kappa shape index (κ2) is 4.97. The van der Waals surface area contributed by atoms with E-state index >= 15 is 0 Å². The number of para-hydroxylation sites is 2. The number of phenols is 1. The summed E-state index contributed by atoms with van der Waals surface area (Å²) in [6, 6.07) is 15.1. The number of phenolic OH excluding ortho intramolecular Hbond substituents is 1. The van der Waals surface area contributed by atoms with Gasteiger partial charge in [-0.25, -0.2) is 0 Å². The Balaban J connectivity index is 1.93. The minimum absolute atomic E-state index is 0.0516. The number of anilines is 1. The van der Waals surface area contributed by atoms with E-state index in [1.165, 1.54) is 6.07 Å². The molecule has 4 rings (SSSR count). The quantitative estimate of drug-likeness (QED) is 0.658. The second-order valence-corrected chi connectivity index (χ2v) is 6.07.